The molecule has 3 aliphatic rings. The van der Waals surface area contributed by atoms with E-state index >= 15 is 8.78 Å². The number of carbonyl (C=O) groups is 3. The van der Waals surface area contributed by atoms with Crippen LogP contribution in [0, 0.1) is 101 Å². The van der Waals surface area contributed by atoms with Gasteiger partial charge in [0, 0.05) is 119 Å². The van der Waals surface area contributed by atoms with Crippen LogP contribution in [0.1, 0.15) is 110 Å². The van der Waals surface area contributed by atoms with Crippen LogP contribution in [0.5, 0.6) is 0 Å². The average Bonchev–Trinajstić information content (AvgIpc) is 0.728. The van der Waals surface area contributed by atoms with Gasteiger partial charge in [-0.3, -0.25) is 57.4 Å². The second kappa shape index (κ2) is 39.6. The molecule has 0 atom stereocenters. The molecule has 0 saturated carbocycles. The van der Waals surface area contributed by atoms with Gasteiger partial charge in [0.1, 0.15) is 61.9 Å². The first-order valence-corrected chi connectivity index (χ1v) is 43.9. The van der Waals surface area contributed by atoms with Gasteiger partial charge < -0.3 is 46.6 Å². The number of pyridine rings is 9. The highest BCUT2D eigenvalue weighted by atomic mass is 35.5. The lowest BCUT2D eigenvalue weighted by molar-refractivity contribution is -0.127. The summed E-state index contributed by atoms with van der Waals surface area (Å²) in [5.74, 6) is -13.5. The van der Waals surface area contributed by atoms with Crippen molar-refractivity contribution >= 4 is 166 Å². The topological polar surface area (TPSA) is 363 Å². The number of hydrogen-bond donors (Lipinski definition) is 3. The molecule has 3 fully saturated rings. The number of nitriles is 3. The fourth-order valence-electron chi connectivity index (χ4n) is 16.6. The minimum atomic E-state index is -1.67. The molecule has 0 unspecified atom stereocenters. The van der Waals surface area contributed by atoms with Crippen LogP contribution in [-0.2, 0) is 14.4 Å². The number of aryl methyl sites for hydroxylation is 3. The molecule has 3 aromatic carbocycles. The maximum absolute atomic E-state index is 15.4. The summed E-state index contributed by atoms with van der Waals surface area (Å²) in [6, 6.07) is 15.4. The van der Waals surface area contributed by atoms with Crippen molar-refractivity contribution in [3.05, 3.63) is 256 Å². The first kappa shape index (κ1) is 99.0. The summed E-state index contributed by atoms with van der Waals surface area (Å²) in [6.45, 7) is 30.4. The largest absolute Gasteiger partial charge is 0.396 e. The van der Waals surface area contributed by atoms with Crippen molar-refractivity contribution in [2.45, 2.75) is 80.1 Å². The molecule has 42 heteroatoms. The molecule has 15 rings (SSSR count). The van der Waals surface area contributed by atoms with Gasteiger partial charge in [-0.05, 0) is 110 Å². The Morgan fingerprint density at radius 2 is 0.622 bits per heavy atom. The fourth-order valence-corrected chi connectivity index (χ4v) is 18.1. The summed E-state index contributed by atoms with van der Waals surface area (Å²) in [4.78, 5) is 117. The van der Waals surface area contributed by atoms with Crippen molar-refractivity contribution in [3.8, 4) is 69.0 Å². The number of fused-ring (bicyclic) bond motifs is 3. The Balaban J connectivity index is 0.000000171. The van der Waals surface area contributed by atoms with Crippen LogP contribution >= 0.6 is 81.2 Å². The lowest BCUT2D eigenvalue weighted by Crippen LogP contribution is -2.49. The average molecular weight is 1990 g/mol. The monoisotopic (exact) mass is 1980 g/mol. The number of halogens is 15. The van der Waals surface area contributed by atoms with E-state index in [0.29, 0.717) is 69.3 Å². The maximum atomic E-state index is 15.4. The summed E-state index contributed by atoms with van der Waals surface area (Å²) in [6.07, 6.45) is 8.42. The van der Waals surface area contributed by atoms with Crippen LogP contribution in [0.25, 0.3) is 83.9 Å². The van der Waals surface area contributed by atoms with Crippen molar-refractivity contribution in [2.75, 3.05) is 110 Å². The first-order valence-electron chi connectivity index (χ1n) is 41.3. The van der Waals surface area contributed by atoms with Gasteiger partial charge in [0.15, 0.2) is 46.5 Å². The molecular formula is C93H78Cl7F8N21O6. The lowest BCUT2D eigenvalue weighted by atomic mass is 10.0. The molecule has 696 valence electrons. The zero-order valence-electron chi connectivity index (χ0n) is 73.2. The van der Waals surface area contributed by atoms with Gasteiger partial charge in [0.25, 0.3) is 16.7 Å². The van der Waals surface area contributed by atoms with Crippen LogP contribution in [0.3, 0.4) is 0 Å². The molecule has 27 nitrogen and oxygen atoms in total. The third kappa shape index (κ3) is 17.6. The molecule has 0 radical (unpaired) electrons. The number of piperazine rings is 3. The van der Waals surface area contributed by atoms with E-state index in [-0.39, 0.29) is 189 Å². The number of nitrogens with zero attached hydrogens (tertiary/aromatic N) is 18. The molecular weight excluding hydrogens is 1910 g/mol. The van der Waals surface area contributed by atoms with Crippen molar-refractivity contribution in [2.24, 2.45) is 0 Å². The third-order valence-corrected chi connectivity index (χ3v) is 25.6. The number of amides is 3. The van der Waals surface area contributed by atoms with Gasteiger partial charge in [-0.25, -0.2) is 50.1 Å². The molecule has 9 aromatic heterocycles. The van der Waals surface area contributed by atoms with Crippen LogP contribution in [0.2, 0.25) is 35.2 Å². The Morgan fingerprint density at radius 1 is 0.378 bits per heavy atom. The van der Waals surface area contributed by atoms with Crippen LogP contribution in [0.4, 0.5) is 69.2 Å². The van der Waals surface area contributed by atoms with Gasteiger partial charge in [-0.15, -0.1) is 0 Å². The smallest absolute Gasteiger partial charge is 0.276 e. The van der Waals surface area contributed by atoms with Crippen molar-refractivity contribution < 1.29 is 49.5 Å². The van der Waals surface area contributed by atoms with Crippen molar-refractivity contribution in [1.29, 1.82) is 15.8 Å². The highest BCUT2D eigenvalue weighted by Gasteiger charge is 2.38. The standard InChI is InChI=1S/C31H26Cl3F2N7O2.2C31H26Cl2F3N7O2/c1-5-19(44)41-8-10-42(11-9-41)29-16-12-18(32)27(20-21(33)22(34)23(35)24(36)25(20)38)40-30(16)43(31(45)17(29)13-37)28-15(4)6-7-39-26(28)14(2)3;2*1-5-19(44)41-8-10-42(11-9-41)29-16-12-18(32)27(20-22(34)21(33)23(35)24(36)25(20)38)40-30(16)43(31(45)17(29)13-37)28-15(4)6-7-39-26(28)14(2)3/h3*5-7,12,14H,1,8-11,38H2,2-4H3. The summed E-state index contributed by atoms with van der Waals surface area (Å²) in [7, 11) is 0. The zero-order valence-corrected chi connectivity index (χ0v) is 78.5. The van der Waals surface area contributed by atoms with E-state index in [4.69, 9.17) is 103 Å². The molecule has 0 bridgehead atoms. The number of aromatic nitrogens is 9. The summed E-state index contributed by atoms with van der Waals surface area (Å²) >= 11 is 44.0. The fraction of sp³-hybridized carbons (Fsp3) is 0.258. The summed E-state index contributed by atoms with van der Waals surface area (Å²) in [5, 5.41) is 27.9. The molecule has 0 spiro atoms. The van der Waals surface area contributed by atoms with E-state index in [2.05, 4.69) is 50.7 Å². The van der Waals surface area contributed by atoms with Crippen LogP contribution in [0.15, 0.2) is 107 Å². The third-order valence-electron chi connectivity index (χ3n) is 23.2. The number of nitrogen functional groups attached to an aromatic ring is 3. The molecule has 12 heterocycles. The number of nitrogens with two attached hydrogens (primary N) is 3. The van der Waals surface area contributed by atoms with E-state index < -0.39 is 123 Å². The Bertz CT molecular complexity index is 6650. The highest BCUT2D eigenvalue weighted by Crippen LogP contribution is 2.49. The van der Waals surface area contributed by atoms with E-state index in [1.807, 2.05) is 58.6 Å². The molecule has 135 heavy (non-hydrogen) atoms. The van der Waals surface area contributed by atoms with Gasteiger partial charge in [-0.2, -0.15) is 15.8 Å². The van der Waals surface area contributed by atoms with Gasteiger partial charge in [-0.1, -0.05) is 142 Å². The summed E-state index contributed by atoms with van der Waals surface area (Å²) in [5.41, 5.74) is 14.7. The lowest BCUT2D eigenvalue weighted by Gasteiger charge is -2.36. The molecule has 12 aromatic rings. The number of rotatable bonds is 15. The Labute approximate surface area is 800 Å². The van der Waals surface area contributed by atoms with Crippen molar-refractivity contribution in [1.82, 2.24) is 58.3 Å². The number of anilines is 6. The quantitative estimate of drug-likeness (QED) is 0.0282. The second-order valence-electron chi connectivity index (χ2n) is 32.2. The van der Waals surface area contributed by atoms with Crippen LogP contribution in [-0.4, -0.2) is 155 Å². The van der Waals surface area contributed by atoms with Gasteiger partial charge in [0.05, 0.1) is 122 Å². The molecule has 3 aliphatic heterocycles. The van der Waals surface area contributed by atoms with E-state index in [1.54, 1.807) is 82.1 Å². The normalized spacial score (nSPS) is 13.4. The van der Waals surface area contributed by atoms with E-state index in [0.717, 1.165) is 0 Å². The predicted octanol–water partition coefficient (Wildman–Crippen LogP) is 18.2. The maximum Gasteiger partial charge on any atom is 0.276 e. The highest BCUT2D eigenvalue weighted by molar-refractivity contribution is 6.45. The minimum absolute atomic E-state index is 0.0346. The number of carbonyl (C=O) groups excluding carboxylic acids is 3. The number of hydrogen-bond acceptors (Lipinski definition) is 21. The molecule has 3 saturated heterocycles. The Hall–Kier alpha value is -13.4. The molecule has 6 N–H and O–H groups in total. The zero-order chi connectivity index (χ0) is 98.7. The van der Waals surface area contributed by atoms with E-state index in [1.165, 1.54) is 50.1 Å². The van der Waals surface area contributed by atoms with Gasteiger partial charge in [0.2, 0.25) is 17.7 Å². The summed E-state index contributed by atoms with van der Waals surface area (Å²) < 4.78 is 122. The Morgan fingerprint density at radius 3 is 0.867 bits per heavy atom. The predicted molar refractivity (Wildman–Crippen MR) is 507 cm³/mol. The van der Waals surface area contributed by atoms with Crippen molar-refractivity contribution in [3.63, 3.8) is 0 Å². The second-order valence-corrected chi connectivity index (χ2v) is 35.0. The van der Waals surface area contributed by atoms with Gasteiger partial charge >= 0.3 is 0 Å². The minimum Gasteiger partial charge on any atom is -0.396 e. The first-order chi connectivity index (χ1) is 64.0. The SMILES string of the molecule is C=CC(=O)N1CCN(c2c(C#N)c(=O)n(-c3c(C)ccnc3C(C)C)c3nc(-c4c(N)c(F)c(F)c(Cl)c4Cl)c(Cl)cc23)CC1.C=CC(=O)N1CCN(c2c(C#N)c(=O)n(-c3c(C)ccnc3C(C)C)c3nc(-c4c(N)c(F)c(F)c(Cl)c4F)c(Cl)cc23)CC1.C=CC(=O)N1CCN(c2c(C#N)c(=O)n(-c3c(C)ccnc3C(C)C)c3nc(-c4c(N)c(F)c(F)c(Cl)c4F)c(Cl)cc23)CC1. The van der Waals surface area contributed by atoms with Crippen LogP contribution < -0.4 is 48.6 Å². The Kier molecular flexibility index (Phi) is 29.1. The molecule has 3 amide bonds. The number of benzene rings is 3. The van der Waals surface area contributed by atoms with E-state index in [9.17, 15) is 70.9 Å². The molecule has 0 aliphatic carbocycles.